The van der Waals surface area contributed by atoms with Crippen LogP contribution in [-0.2, 0) is 5.41 Å². The fourth-order valence-corrected chi connectivity index (χ4v) is 4.02. The van der Waals surface area contributed by atoms with Crippen LogP contribution in [0.1, 0.15) is 55.6 Å². The maximum atomic E-state index is 13.5. The van der Waals surface area contributed by atoms with E-state index in [1.807, 2.05) is 6.07 Å². The lowest BCUT2D eigenvalue weighted by Crippen LogP contribution is -2.18. The van der Waals surface area contributed by atoms with E-state index in [2.05, 4.69) is 0 Å². The Hall–Kier alpha value is -0.890. The summed E-state index contributed by atoms with van der Waals surface area (Å²) in [5.74, 6) is 0.483. The van der Waals surface area contributed by atoms with Gasteiger partial charge in [-0.3, -0.25) is 0 Å². The molecule has 0 amide bonds. The van der Waals surface area contributed by atoms with Gasteiger partial charge in [0.05, 0.1) is 0 Å². The van der Waals surface area contributed by atoms with E-state index in [1.165, 1.54) is 43.2 Å². The van der Waals surface area contributed by atoms with Gasteiger partial charge in [-0.1, -0.05) is 18.9 Å². The Kier molecular flexibility index (Phi) is 2.70. The highest BCUT2D eigenvalue weighted by Crippen LogP contribution is 2.55. The van der Waals surface area contributed by atoms with Gasteiger partial charge in [0, 0.05) is 0 Å². The summed E-state index contributed by atoms with van der Waals surface area (Å²) in [6.45, 7) is 0.734. The summed E-state index contributed by atoms with van der Waals surface area (Å²) in [5.41, 5.74) is 8.67. The molecule has 17 heavy (non-hydrogen) atoms. The predicted molar refractivity (Wildman–Crippen MR) is 67.6 cm³/mol. The van der Waals surface area contributed by atoms with Crippen molar-refractivity contribution in [2.24, 2.45) is 5.73 Å². The highest BCUT2D eigenvalue weighted by atomic mass is 19.1. The minimum atomic E-state index is -0.0802. The molecular formula is C15H20FN. The first-order chi connectivity index (χ1) is 8.25. The van der Waals surface area contributed by atoms with Crippen molar-refractivity contribution in [1.29, 1.82) is 0 Å². The van der Waals surface area contributed by atoms with Crippen LogP contribution in [0.25, 0.3) is 0 Å². The van der Waals surface area contributed by atoms with Crippen LogP contribution in [0, 0.1) is 5.82 Å². The Balaban J connectivity index is 2.05. The summed E-state index contributed by atoms with van der Waals surface area (Å²) in [6.07, 6.45) is 7.31. The normalized spacial score (nSPS) is 25.4. The van der Waals surface area contributed by atoms with Gasteiger partial charge in [0.25, 0.3) is 0 Å². The molecule has 2 heteroatoms. The quantitative estimate of drug-likeness (QED) is 0.831. The molecule has 0 saturated heterocycles. The molecule has 1 atom stereocenters. The van der Waals surface area contributed by atoms with E-state index >= 15 is 0 Å². The van der Waals surface area contributed by atoms with Crippen molar-refractivity contribution in [3.63, 3.8) is 0 Å². The third-order valence-corrected chi connectivity index (χ3v) is 4.74. The van der Waals surface area contributed by atoms with Gasteiger partial charge in [-0.05, 0) is 66.8 Å². The van der Waals surface area contributed by atoms with Gasteiger partial charge in [0.2, 0.25) is 0 Å². The number of halogens is 1. The third-order valence-electron chi connectivity index (χ3n) is 4.74. The first-order valence-electron chi connectivity index (χ1n) is 6.75. The van der Waals surface area contributed by atoms with E-state index in [1.54, 1.807) is 12.1 Å². The van der Waals surface area contributed by atoms with Gasteiger partial charge in [0.15, 0.2) is 0 Å². The van der Waals surface area contributed by atoms with E-state index in [0.29, 0.717) is 5.92 Å². The molecule has 1 fully saturated rings. The lowest BCUT2D eigenvalue weighted by Gasteiger charge is -2.24. The summed E-state index contributed by atoms with van der Waals surface area (Å²) in [7, 11) is 0. The van der Waals surface area contributed by atoms with Crippen LogP contribution in [-0.4, -0.2) is 6.54 Å². The number of nitrogens with two attached hydrogens (primary N) is 1. The van der Waals surface area contributed by atoms with Crippen molar-refractivity contribution in [3.8, 4) is 0 Å². The maximum absolute atomic E-state index is 13.5. The SMILES string of the molecule is NCCC1CC2(CCCC2)c2cc(F)ccc21. The number of rotatable bonds is 2. The predicted octanol–water partition coefficient (Wildman–Crippen LogP) is 3.47. The second-order valence-corrected chi connectivity index (χ2v) is 5.70. The first kappa shape index (κ1) is 11.2. The Bertz CT molecular complexity index is 421. The number of benzene rings is 1. The van der Waals surface area contributed by atoms with Crippen molar-refractivity contribution < 1.29 is 4.39 Å². The molecule has 3 rings (SSSR count). The van der Waals surface area contributed by atoms with Crippen LogP contribution in [0.3, 0.4) is 0 Å². The standard InChI is InChI=1S/C15H20FN/c16-12-3-4-13-11(5-8-17)10-15(14(13)9-12)6-1-2-7-15/h3-4,9,11H,1-2,5-8,10,17H2. The molecule has 0 radical (unpaired) electrons. The second kappa shape index (κ2) is 4.09. The molecule has 0 bridgehead atoms. The van der Waals surface area contributed by atoms with E-state index in [4.69, 9.17) is 5.73 Å². The largest absolute Gasteiger partial charge is 0.330 e. The first-order valence-corrected chi connectivity index (χ1v) is 6.75. The molecule has 1 aromatic carbocycles. The van der Waals surface area contributed by atoms with Crippen LogP contribution in [0.2, 0.25) is 0 Å². The summed E-state index contributed by atoms with van der Waals surface area (Å²) in [6, 6.07) is 5.39. The number of hydrogen-bond donors (Lipinski definition) is 1. The van der Waals surface area contributed by atoms with Gasteiger partial charge >= 0.3 is 0 Å². The smallest absolute Gasteiger partial charge is 0.123 e. The minimum Gasteiger partial charge on any atom is -0.330 e. The van der Waals surface area contributed by atoms with Crippen LogP contribution in [0.4, 0.5) is 4.39 Å². The number of hydrogen-bond acceptors (Lipinski definition) is 1. The average Bonchev–Trinajstić information content (AvgIpc) is 2.88. The molecule has 1 aromatic rings. The van der Waals surface area contributed by atoms with Crippen LogP contribution >= 0.6 is 0 Å². The molecule has 92 valence electrons. The highest BCUT2D eigenvalue weighted by molar-refractivity contribution is 5.43. The summed E-state index contributed by atoms with van der Waals surface area (Å²) in [5, 5.41) is 0. The molecule has 1 unspecified atom stereocenters. The van der Waals surface area contributed by atoms with Gasteiger partial charge < -0.3 is 5.73 Å². The topological polar surface area (TPSA) is 26.0 Å². The van der Waals surface area contributed by atoms with Gasteiger partial charge in [-0.2, -0.15) is 0 Å². The second-order valence-electron chi connectivity index (χ2n) is 5.70. The average molecular weight is 233 g/mol. The highest BCUT2D eigenvalue weighted by Gasteiger charge is 2.44. The molecule has 2 N–H and O–H groups in total. The van der Waals surface area contributed by atoms with E-state index in [9.17, 15) is 4.39 Å². The van der Waals surface area contributed by atoms with Crippen molar-refractivity contribution in [2.45, 2.75) is 49.9 Å². The molecule has 0 aliphatic heterocycles. The monoisotopic (exact) mass is 233 g/mol. The Morgan fingerprint density at radius 2 is 2.06 bits per heavy atom. The summed E-state index contributed by atoms with van der Waals surface area (Å²) in [4.78, 5) is 0. The Morgan fingerprint density at radius 3 is 2.76 bits per heavy atom. The molecule has 1 spiro atoms. The van der Waals surface area contributed by atoms with Crippen molar-refractivity contribution in [1.82, 2.24) is 0 Å². The molecular weight excluding hydrogens is 213 g/mol. The van der Waals surface area contributed by atoms with Crippen LogP contribution in [0.5, 0.6) is 0 Å². The van der Waals surface area contributed by atoms with Crippen molar-refractivity contribution >= 4 is 0 Å². The third kappa shape index (κ3) is 1.70. The van der Waals surface area contributed by atoms with Crippen molar-refractivity contribution in [3.05, 3.63) is 35.1 Å². The van der Waals surface area contributed by atoms with Gasteiger partial charge in [-0.15, -0.1) is 0 Å². The minimum absolute atomic E-state index is 0.0802. The zero-order valence-corrected chi connectivity index (χ0v) is 10.2. The lowest BCUT2D eigenvalue weighted by atomic mass is 9.79. The Morgan fingerprint density at radius 1 is 1.29 bits per heavy atom. The lowest BCUT2D eigenvalue weighted by molar-refractivity contribution is 0.400. The zero-order chi connectivity index (χ0) is 11.9. The molecule has 1 nitrogen and oxygen atoms in total. The number of fused-ring (bicyclic) bond motifs is 2. The summed E-state index contributed by atoms with van der Waals surface area (Å²) >= 11 is 0. The van der Waals surface area contributed by atoms with E-state index in [0.717, 1.165) is 13.0 Å². The van der Waals surface area contributed by atoms with Crippen molar-refractivity contribution in [2.75, 3.05) is 6.54 Å². The molecule has 1 saturated carbocycles. The zero-order valence-electron chi connectivity index (χ0n) is 10.2. The van der Waals surface area contributed by atoms with E-state index < -0.39 is 0 Å². The fraction of sp³-hybridized carbons (Fsp3) is 0.600. The summed E-state index contributed by atoms with van der Waals surface area (Å²) < 4.78 is 13.5. The Labute approximate surface area is 102 Å². The van der Waals surface area contributed by atoms with Gasteiger partial charge in [0.1, 0.15) is 5.82 Å². The van der Waals surface area contributed by atoms with Crippen LogP contribution < -0.4 is 5.73 Å². The molecule has 0 heterocycles. The van der Waals surface area contributed by atoms with Gasteiger partial charge in [-0.25, -0.2) is 4.39 Å². The maximum Gasteiger partial charge on any atom is 0.123 e. The molecule has 2 aliphatic carbocycles. The fourth-order valence-electron chi connectivity index (χ4n) is 4.02. The molecule has 0 aromatic heterocycles. The van der Waals surface area contributed by atoms with E-state index in [-0.39, 0.29) is 11.2 Å². The molecule has 2 aliphatic rings. The van der Waals surface area contributed by atoms with Crippen LogP contribution in [0.15, 0.2) is 18.2 Å².